The lowest BCUT2D eigenvalue weighted by Crippen LogP contribution is -2.44. The lowest BCUT2D eigenvalue weighted by molar-refractivity contribution is -0.117. The van der Waals surface area contributed by atoms with Crippen LogP contribution >= 0.6 is 42.1 Å². The summed E-state index contributed by atoms with van der Waals surface area (Å²) >= 11 is 4.47. The number of imidazole rings is 2. The Hall–Kier alpha value is -11.9. The molecule has 4 aromatic heterocycles. The van der Waals surface area contributed by atoms with Crippen molar-refractivity contribution in [1.82, 2.24) is 48.7 Å². The monoisotopic (exact) mass is 1850 g/mol. The molecule has 6 N–H and O–H groups in total. The molecule has 4 aliphatic rings. The number of hydrogen-bond acceptors (Lipinski definition) is 19. The number of thiol groups is 1. The van der Waals surface area contributed by atoms with Crippen molar-refractivity contribution in [1.29, 1.82) is 0 Å². The summed E-state index contributed by atoms with van der Waals surface area (Å²) in [5.74, 6) is 0.340. The summed E-state index contributed by atoms with van der Waals surface area (Å²) in [6, 6.07) is 41.0. The number of fused-ring (bicyclic) bond motifs is 6. The van der Waals surface area contributed by atoms with Gasteiger partial charge in [0.25, 0.3) is 35.4 Å². The van der Waals surface area contributed by atoms with Crippen LogP contribution in [0.4, 0.5) is 34.4 Å². The number of rotatable bonds is 37. The predicted molar refractivity (Wildman–Crippen MR) is 530 cm³/mol. The zero-order chi connectivity index (χ0) is 93.6. The fourth-order valence-corrected chi connectivity index (χ4v) is 20.8. The first kappa shape index (κ1) is 98.1. The summed E-state index contributed by atoms with van der Waals surface area (Å²) < 4.78 is 29.5. The van der Waals surface area contributed by atoms with E-state index in [2.05, 4.69) is 117 Å². The molecule has 0 saturated heterocycles. The molecular weight excluding hydrogens is 1730 g/mol. The van der Waals surface area contributed by atoms with Gasteiger partial charge in [-0.1, -0.05) is 134 Å². The fraction of sp³-hybridized carbons (Fsp3) is 0.394. The summed E-state index contributed by atoms with van der Waals surface area (Å²) in [7, 11) is 13.8. The number of carbonyl (C=O) groups excluding carboxylic acids is 8. The molecule has 0 spiro atoms. The number of aryl methyl sites for hydroxylation is 4. The van der Waals surface area contributed by atoms with Crippen molar-refractivity contribution in [2.75, 3.05) is 86.5 Å². The first-order valence-electron chi connectivity index (χ1n) is 44.5. The van der Waals surface area contributed by atoms with E-state index in [1.54, 1.807) is 129 Å². The number of anilines is 4. The van der Waals surface area contributed by atoms with E-state index < -0.39 is 11.8 Å². The molecule has 6 aromatic carbocycles. The number of benzene rings is 6. The topological polar surface area (TPSA) is 322 Å². The maximum Gasteiger partial charge on any atom is 0.291 e. The van der Waals surface area contributed by atoms with Crippen molar-refractivity contribution >= 4 is 136 Å². The lowest BCUT2D eigenvalue weighted by atomic mass is 9.94. The molecule has 692 valence electrons. The molecule has 0 unspecified atom stereocenters. The highest BCUT2D eigenvalue weighted by Gasteiger charge is 2.36. The molecule has 0 bridgehead atoms. The summed E-state index contributed by atoms with van der Waals surface area (Å²) in [5.41, 5.74) is 12.3. The predicted octanol–water partition coefficient (Wildman–Crippen LogP) is 18.4. The maximum atomic E-state index is 13.7. The van der Waals surface area contributed by atoms with Crippen LogP contribution in [0.5, 0.6) is 23.0 Å². The largest absolute Gasteiger partial charge is 0.493 e. The summed E-state index contributed by atoms with van der Waals surface area (Å²) in [6.07, 6.45) is 28.2. The average molecular weight is 1850 g/mol. The van der Waals surface area contributed by atoms with Gasteiger partial charge in [0.05, 0.1) is 62.0 Å². The van der Waals surface area contributed by atoms with Gasteiger partial charge in [-0.25, -0.2) is 9.97 Å². The van der Waals surface area contributed by atoms with Crippen LogP contribution in [0.2, 0.25) is 0 Å². The molecule has 10 aromatic rings. The molecule has 28 nitrogen and oxygen atoms in total. The summed E-state index contributed by atoms with van der Waals surface area (Å²) in [5, 5.41) is 17.2. The van der Waals surface area contributed by atoms with Crippen molar-refractivity contribution in [2.45, 2.75) is 160 Å². The van der Waals surface area contributed by atoms with Crippen LogP contribution in [0.3, 0.4) is 0 Å². The van der Waals surface area contributed by atoms with Gasteiger partial charge in [-0.15, -0.1) is 7.92 Å². The number of nitrogens with one attached hydrogen (secondary N) is 6. The molecule has 2 atom stereocenters. The van der Waals surface area contributed by atoms with E-state index in [1.165, 1.54) is 68.4 Å². The molecule has 0 saturated carbocycles. The van der Waals surface area contributed by atoms with Gasteiger partial charge in [0, 0.05) is 149 Å². The maximum absolute atomic E-state index is 13.7. The molecule has 0 aliphatic carbocycles. The summed E-state index contributed by atoms with van der Waals surface area (Å²) in [4.78, 5) is 127. The van der Waals surface area contributed by atoms with E-state index in [-0.39, 0.29) is 106 Å². The Kier molecular flexibility index (Phi) is 34.3. The van der Waals surface area contributed by atoms with Crippen LogP contribution in [0.1, 0.15) is 198 Å². The van der Waals surface area contributed by atoms with Crippen LogP contribution in [0.15, 0.2) is 168 Å². The van der Waals surface area contributed by atoms with Crippen molar-refractivity contribution in [3.05, 3.63) is 215 Å². The number of carbonyl (C=O) groups is 8. The van der Waals surface area contributed by atoms with Gasteiger partial charge in [-0.3, -0.25) is 48.3 Å². The number of methoxy groups -OCH3 is 2. The molecule has 32 heteroatoms. The van der Waals surface area contributed by atoms with Gasteiger partial charge in [0.2, 0.25) is 23.5 Å². The highest BCUT2D eigenvalue weighted by atomic mass is 33.1. The van der Waals surface area contributed by atoms with Gasteiger partial charge in [-0.05, 0) is 179 Å². The first-order chi connectivity index (χ1) is 62.9. The van der Waals surface area contributed by atoms with Gasteiger partial charge in [-0.2, -0.15) is 12.6 Å². The van der Waals surface area contributed by atoms with Crippen molar-refractivity contribution in [3.8, 4) is 45.3 Å². The third-order valence-corrected chi connectivity index (χ3v) is 28.4. The Bertz CT molecular complexity index is 5780. The van der Waals surface area contributed by atoms with E-state index in [1.807, 2.05) is 136 Å². The number of unbranched alkanes of at least 4 members (excludes halogenated alkanes) is 3. The normalized spacial score (nSPS) is 14.1. The van der Waals surface area contributed by atoms with Crippen LogP contribution in [-0.4, -0.2) is 185 Å². The number of amides is 8. The molecule has 0 fully saturated rings. The van der Waals surface area contributed by atoms with Crippen LogP contribution in [-0.2, 0) is 63.7 Å². The third kappa shape index (κ3) is 26.3. The molecule has 8 amide bonds. The molecular formula is C99H121N16O12PS3. The highest BCUT2D eigenvalue weighted by molar-refractivity contribution is 8.77. The standard InChI is InChI=1S/C44H48N8O6S2.C43H46N8O6S.C12H27P/c1-44(2,60-59-6)26-46-41(54)35-19-30(23-50(35)3)27-13-15-31(16-14-27)47-42(55)40-49-38(25-51(40)4)48-39(53)12-9-17-58-37-21-34-33(20-36(37)57-5)43(56)52-24-29-11-8-7-10-28(29)18-32(52)22-45-34;1-43(2,58)25-45-40(53)34-18-29(22-49(34)3)26-12-14-30(15-13-26)46-41(54)39-48-37(24-50(39)4)47-38(52)11-8-16-57-36-20-33-32(19-35(36)56-5)42(55)51-23-28-10-7-6-9-27(28)17-31(51)21-44-33;1-4-7-10-13(11-8-5-2)12-9-6-3/h7-8,10-11,13-16,19-23,25,32H,9,12,17-18,24,26H2,1-6H3,(H,46,54)(H,47,55)(H,48,53);6-7,9-10,12-15,18-22,24,31,58H,8,11,16-17,23,25H2,1-5H3,(H,45,53)(H,46,54)(H,47,52);4-12H2,1-3H3/t32-;31-;/m00./s1. The minimum atomic E-state index is -0.447. The fourth-order valence-electron chi connectivity index (χ4n) is 15.6. The number of hydrogen-bond donors (Lipinski definition) is 7. The van der Waals surface area contributed by atoms with Crippen LogP contribution in [0.25, 0.3) is 22.3 Å². The lowest BCUT2D eigenvalue weighted by Gasteiger charge is -2.34. The van der Waals surface area contributed by atoms with Gasteiger partial charge >= 0.3 is 0 Å². The Labute approximate surface area is 782 Å². The van der Waals surface area contributed by atoms with Crippen LogP contribution in [0, 0.1) is 0 Å². The zero-order valence-electron chi connectivity index (χ0n) is 77.3. The van der Waals surface area contributed by atoms with Crippen LogP contribution < -0.4 is 50.8 Å². The Balaban J connectivity index is 0.000000208. The highest BCUT2D eigenvalue weighted by Crippen LogP contribution is 2.43. The molecule has 4 aliphatic heterocycles. The second kappa shape index (κ2) is 45.8. The van der Waals surface area contributed by atoms with E-state index >= 15 is 0 Å². The Morgan fingerprint density at radius 1 is 0.481 bits per heavy atom. The Morgan fingerprint density at radius 3 is 1.26 bits per heavy atom. The quantitative estimate of drug-likeness (QED) is 0.00823. The van der Waals surface area contributed by atoms with Crippen molar-refractivity contribution in [2.24, 2.45) is 38.2 Å². The SMILES string of the molecule is CCCCP(CCCC)CCCC.COc1cc2c(cc1OCCCC(=O)Nc1cn(C)c(C(=O)Nc3ccc(-c4cc(C(=O)NCC(C)(C)S)n(C)c4)cc3)n1)N=C[C@@H]1Cc3ccccc3CN1C2=O.COc1cc2c(cc1OCCCC(=O)Nc1cn(C)c(C(=O)Nc3ccc(-c4cc(C(=O)NCC(C)(C)SSC)n(C)c4)cc3)n1)N=C[C@@H]1Cc3ccccc3CN1C2=O. The molecule has 131 heavy (non-hydrogen) atoms. The zero-order valence-corrected chi connectivity index (χ0v) is 80.7. The third-order valence-electron chi connectivity index (χ3n) is 22.8. The molecule has 14 rings (SSSR count). The smallest absolute Gasteiger partial charge is 0.291 e. The molecule has 8 heterocycles. The minimum Gasteiger partial charge on any atom is -0.493 e. The summed E-state index contributed by atoms with van der Waals surface area (Å²) in [6.45, 7) is 17.4. The van der Waals surface area contributed by atoms with Crippen molar-refractivity contribution < 1.29 is 57.3 Å². The first-order valence-corrected chi connectivity index (χ1v) is 49.4. The minimum absolute atomic E-state index is 0.0973. The van der Waals surface area contributed by atoms with E-state index in [9.17, 15) is 38.4 Å². The second-order valence-electron chi connectivity index (χ2n) is 34.3. The molecule has 0 radical (unpaired) electrons. The van der Waals surface area contributed by atoms with E-state index in [0.29, 0.717) is 128 Å². The second-order valence-corrected chi connectivity index (χ2v) is 41.3. The van der Waals surface area contributed by atoms with Gasteiger partial charge in [0.15, 0.2) is 34.6 Å². The average Bonchev–Trinajstić information content (AvgIpc) is 1.59. The Morgan fingerprint density at radius 2 is 0.878 bits per heavy atom. The number of ether oxygens (including phenoxy) is 4. The van der Waals surface area contributed by atoms with Crippen molar-refractivity contribution in [3.63, 3.8) is 0 Å². The number of aromatic nitrogens is 6. The van der Waals surface area contributed by atoms with E-state index in [4.69, 9.17) is 18.9 Å². The van der Waals surface area contributed by atoms with E-state index in [0.717, 1.165) is 33.4 Å². The van der Waals surface area contributed by atoms with Gasteiger partial charge in [0.1, 0.15) is 11.4 Å². The van der Waals surface area contributed by atoms with Gasteiger partial charge < -0.3 is 78.9 Å². The number of aliphatic imine (C=N–C) groups is 2. The number of nitrogens with zero attached hydrogens (tertiary/aromatic N) is 10.